The Kier molecular flexibility index (Phi) is 19.0. The normalized spacial score (nSPS) is 24.2. The smallest absolute Gasteiger partial charge is 0.306 e. The first-order valence-corrected chi connectivity index (χ1v) is 14.6. The Hall–Kier alpha value is -1.83. The molecule has 1 aliphatic rings. The molecule has 0 radical (unpaired) electrons. The van der Waals surface area contributed by atoms with E-state index < -0.39 is 80.6 Å². The predicted molar refractivity (Wildman–Crippen MR) is 143 cm³/mol. The molecule has 234 valence electrons. The average Bonchev–Trinajstić information content (AvgIpc) is 2.92. The summed E-state index contributed by atoms with van der Waals surface area (Å²) in [5.74, 6) is -1.94. The Morgan fingerprint density at radius 1 is 0.725 bits per heavy atom. The molecule has 4 N–H and O–H groups in total. The average molecular weight is 579 g/mol. The molecule has 1 rings (SSSR count). The second kappa shape index (κ2) is 21.0. The Labute approximate surface area is 237 Å². The summed E-state index contributed by atoms with van der Waals surface area (Å²) in [7, 11) is 0. The van der Waals surface area contributed by atoms with Crippen molar-refractivity contribution in [2.75, 3.05) is 19.8 Å². The number of hydrogen-bond donors (Lipinski definition) is 4. The first-order chi connectivity index (χ1) is 19.2. The van der Waals surface area contributed by atoms with Crippen LogP contribution >= 0.6 is 0 Å². The zero-order valence-corrected chi connectivity index (χ0v) is 24.2. The molecule has 0 aromatic carbocycles. The molecular formula is C28H50O12. The Morgan fingerprint density at radius 3 is 1.73 bits per heavy atom. The number of unbranched alkanes of at least 4 members (excludes halogenated alkanes) is 8. The summed E-state index contributed by atoms with van der Waals surface area (Å²) < 4.78 is 28.1. The Morgan fingerprint density at radius 2 is 1.25 bits per heavy atom. The van der Waals surface area contributed by atoms with Crippen LogP contribution in [0.1, 0.15) is 97.8 Å². The third-order valence-corrected chi connectivity index (χ3v) is 6.64. The summed E-state index contributed by atoms with van der Waals surface area (Å²) in [5, 5.41) is 38.9. The minimum Gasteiger partial charge on any atom is -0.456 e. The highest BCUT2D eigenvalue weighted by Gasteiger charge is 2.52. The van der Waals surface area contributed by atoms with E-state index in [4.69, 9.17) is 28.8 Å². The highest BCUT2D eigenvalue weighted by molar-refractivity contribution is 5.71. The Balaban J connectivity index is 3.15. The third kappa shape index (κ3) is 13.7. The molecule has 0 aromatic heterocycles. The van der Waals surface area contributed by atoms with Crippen LogP contribution in [0.25, 0.3) is 0 Å². The zero-order chi connectivity index (χ0) is 29.9. The molecule has 1 fully saturated rings. The lowest BCUT2D eigenvalue weighted by Crippen LogP contribution is -2.63. The van der Waals surface area contributed by atoms with Crippen LogP contribution in [0, 0.1) is 0 Å². The van der Waals surface area contributed by atoms with Gasteiger partial charge in [-0.05, 0) is 12.8 Å². The minimum absolute atomic E-state index is 0.0819. The lowest BCUT2D eigenvalue weighted by molar-refractivity contribution is -0.312. The molecule has 0 bridgehead atoms. The summed E-state index contributed by atoms with van der Waals surface area (Å²) in [6.07, 6.45) is -0.618. The van der Waals surface area contributed by atoms with Gasteiger partial charge in [-0.25, -0.2) is 0 Å². The number of rotatable bonds is 21. The summed E-state index contributed by atoms with van der Waals surface area (Å²) in [4.78, 5) is 37.6. The van der Waals surface area contributed by atoms with Crippen LogP contribution in [-0.2, 0) is 38.1 Å². The van der Waals surface area contributed by atoms with Gasteiger partial charge in [-0.15, -0.1) is 0 Å². The van der Waals surface area contributed by atoms with Crippen LogP contribution in [0.5, 0.6) is 0 Å². The molecule has 1 aliphatic heterocycles. The van der Waals surface area contributed by atoms with Gasteiger partial charge >= 0.3 is 17.9 Å². The number of carbonyl (C=O) groups excluding carboxylic acids is 3. The molecule has 0 aromatic rings. The molecule has 0 saturated carbocycles. The van der Waals surface area contributed by atoms with Crippen LogP contribution in [-0.4, -0.2) is 101 Å². The van der Waals surface area contributed by atoms with Crippen molar-refractivity contribution in [1.82, 2.24) is 0 Å². The van der Waals surface area contributed by atoms with Gasteiger partial charge in [-0.2, -0.15) is 0 Å². The van der Waals surface area contributed by atoms with Gasteiger partial charge in [0, 0.05) is 19.8 Å². The van der Waals surface area contributed by atoms with E-state index in [1.807, 2.05) is 0 Å². The number of ether oxygens (including phenoxy) is 5. The second-order valence-electron chi connectivity index (χ2n) is 10.2. The largest absolute Gasteiger partial charge is 0.456 e. The van der Waals surface area contributed by atoms with Crippen molar-refractivity contribution < 1.29 is 58.5 Å². The highest BCUT2D eigenvalue weighted by Crippen LogP contribution is 2.30. The topological polar surface area (TPSA) is 178 Å². The predicted octanol–water partition coefficient (Wildman–Crippen LogP) is 1.91. The number of carbonyl (C=O) groups is 3. The van der Waals surface area contributed by atoms with Crippen molar-refractivity contribution in [2.24, 2.45) is 0 Å². The molecule has 0 amide bonds. The fourth-order valence-corrected chi connectivity index (χ4v) is 4.35. The summed E-state index contributed by atoms with van der Waals surface area (Å²) >= 11 is 0. The second-order valence-corrected chi connectivity index (χ2v) is 10.2. The lowest BCUT2D eigenvalue weighted by atomic mass is 9.98. The zero-order valence-electron chi connectivity index (χ0n) is 24.2. The van der Waals surface area contributed by atoms with Crippen molar-refractivity contribution in [3.63, 3.8) is 0 Å². The summed E-state index contributed by atoms with van der Waals surface area (Å²) in [6.45, 7) is 3.40. The molecule has 12 heteroatoms. The quantitative estimate of drug-likeness (QED) is 0.0885. The monoisotopic (exact) mass is 578 g/mol. The fraction of sp³-hybridized carbons (Fsp3) is 0.893. The van der Waals surface area contributed by atoms with Gasteiger partial charge in [0.15, 0.2) is 24.6 Å². The summed E-state index contributed by atoms with van der Waals surface area (Å²) in [6, 6.07) is 0. The maximum Gasteiger partial charge on any atom is 0.306 e. The van der Waals surface area contributed by atoms with Gasteiger partial charge in [-0.3, -0.25) is 14.4 Å². The van der Waals surface area contributed by atoms with Crippen LogP contribution < -0.4 is 0 Å². The number of esters is 3. The van der Waals surface area contributed by atoms with Crippen molar-refractivity contribution in [2.45, 2.75) is 141 Å². The summed E-state index contributed by atoms with van der Waals surface area (Å²) in [5.41, 5.74) is 0. The van der Waals surface area contributed by atoms with E-state index in [-0.39, 0.29) is 12.8 Å². The number of aliphatic hydroxyl groups is 4. The molecule has 12 nitrogen and oxygen atoms in total. The van der Waals surface area contributed by atoms with Crippen LogP contribution in [0.2, 0.25) is 0 Å². The van der Waals surface area contributed by atoms with Crippen molar-refractivity contribution in [3.05, 3.63) is 0 Å². The van der Waals surface area contributed by atoms with Crippen molar-refractivity contribution in [3.8, 4) is 0 Å². The van der Waals surface area contributed by atoms with E-state index in [1.165, 1.54) is 0 Å². The SMILES string of the molecule is CCCCCCCC(=O)O[C@@H]1[C@H](OC(=O)CCCCCCC)[C@H](OC[C@@H](O)[C@@H](O)CO)O[C@H](CO)[C@H]1OC(C)=O. The van der Waals surface area contributed by atoms with Gasteiger partial charge in [-0.1, -0.05) is 65.2 Å². The molecule has 7 atom stereocenters. The molecule has 40 heavy (non-hydrogen) atoms. The maximum absolute atomic E-state index is 12.8. The van der Waals surface area contributed by atoms with Gasteiger partial charge in [0.05, 0.1) is 19.8 Å². The number of hydrogen-bond acceptors (Lipinski definition) is 12. The van der Waals surface area contributed by atoms with E-state index in [0.29, 0.717) is 12.8 Å². The molecular weight excluding hydrogens is 528 g/mol. The van der Waals surface area contributed by atoms with Crippen LogP contribution in [0.3, 0.4) is 0 Å². The molecule has 0 spiro atoms. The third-order valence-electron chi connectivity index (χ3n) is 6.64. The lowest BCUT2D eigenvalue weighted by Gasteiger charge is -2.44. The van der Waals surface area contributed by atoms with E-state index in [0.717, 1.165) is 58.3 Å². The van der Waals surface area contributed by atoms with Crippen LogP contribution in [0.15, 0.2) is 0 Å². The molecule has 1 saturated heterocycles. The van der Waals surface area contributed by atoms with E-state index >= 15 is 0 Å². The van der Waals surface area contributed by atoms with E-state index in [9.17, 15) is 29.7 Å². The van der Waals surface area contributed by atoms with Gasteiger partial charge in [0.2, 0.25) is 0 Å². The minimum atomic E-state index is -1.51. The highest BCUT2D eigenvalue weighted by atomic mass is 16.7. The van der Waals surface area contributed by atoms with Gasteiger partial charge < -0.3 is 44.1 Å². The molecule has 0 unspecified atom stereocenters. The molecule has 1 heterocycles. The van der Waals surface area contributed by atoms with E-state index in [1.54, 1.807) is 0 Å². The maximum atomic E-state index is 12.8. The van der Waals surface area contributed by atoms with Crippen LogP contribution in [0.4, 0.5) is 0 Å². The first-order valence-electron chi connectivity index (χ1n) is 14.6. The standard InChI is InChI=1S/C28H50O12/c1-4-6-8-10-12-14-23(34)39-26-25(37-19(3)31)22(17-30)38-28(36-18-21(33)20(32)16-29)27(26)40-24(35)15-13-11-9-7-5-2/h20-22,25-30,32-33H,4-18H2,1-3H3/t20-,21+,22+,25+,26-,27-,28+/m0/s1. The van der Waals surface area contributed by atoms with Crippen molar-refractivity contribution in [1.29, 1.82) is 0 Å². The van der Waals surface area contributed by atoms with Gasteiger partial charge in [0.1, 0.15) is 18.3 Å². The number of aliphatic hydroxyl groups excluding tert-OH is 4. The van der Waals surface area contributed by atoms with Crippen molar-refractivity contribution >= 4 is 17.9 Å². The van der Waals surface area contributed by atoms with E-state index in [2.05, 4.69) is 13.8 Å². The van der Waals surface area contributed by atoms with Gasteiger partial charge in [0.25, 0.3) is 0 Å². The Bertz CT molecular complexity index is 717. The fourth-order valence-electron chi connectivity index (χ4n) is 4.35. The first kappa shape index (κ1) is 36.2. The molecule has 0 aliphatic carbocycles.